The summed E-state index contributed by atoms with van der Waals surface area (Å²) in [5, 5.41) is 8.77. The van der Waals surface area contributed by atoms with E-state index in [1.165, 1.54) is 14.2 Å². The van der Waals surface area contributed by atoms with Gasteiger partial charge in [-0.15, -0.1) is 0 Å². The van der Waals surface area contributed by atoms with Crippen molar-refractivity contribution in [3.05, 3.63) is 0 Å². The normalized spacial score (nSPS) is 14.5. The minimum absolute atomic E-state index is 0.0933. The van der Waals surface area contributed by atoms with Crippen molar-refractivity contribution in [3.8, 4) is 0 Å². The van der Waals surface area contributed by atoms with Crippen molar-refractivity contribution in [1.82, 2.24) is 0 Å². The van der Waals surface area contributed by atoms with E-state index in [-0.39, 0.29) is 19.1 Å². The fraction of sp³-hybridized carbons (Fsp3) is 1.00. The molecule has 6 heteroatoms. The van der Waals surface area contributed by atoms with Crippen molar-refractivity contribution in [1.29, 1.82) is 0 Å². The summed E-state index contributed by atoms with van der Waals surface area (Å²) in [4.78, 5) is 0. The van der Waals surface area contributed by atoms with E-state index in [4.69, 9.17) is 9.84 Å². The molecule has 0 fully saturated rings. The van der Waals surface area contributed by atoms with Gasteiger partial charge in [-0.05, 0) is 6.42 Å². The minimum atomic E-state index is -3.09. The van der Waals surface area contributed by atoms with Crippen LogP contribution in [0.15, 0.2) is 0 Å². The fourth-order valence-electron chi connectivity index (χ4n) is 0.676. The largest absolute Gasteiger partial charge is 0.394 e. The lowest BCUT2D eigenvalue weighted by molar-refractivity contribution is 0.0258. The average Bonchev–Trinajstić information content (AvgIpc) is 2.19. The molecule has 0 rings (SSSR count). The van der Waals surface area contributed by atoms with E-state index in [1.54, 1.807) is 0 Å². The van der Waals surface area contributed by atoms with Gasteiger partial charge >= 0.3 is 7.60 Å². The van der Waals surface area contributed by atoms with Crippen molar-refractivity contribution >= 4 is 7.60 Å². The molecule has 0 bridgehead atoms. The quantitative estimate of drug-likeness (QED) is 0.642. The number of rotatable bonds is 7. The number of aliphatic hydroxyl groups is 1. The topological polar surface area (TPSA) is 65.0 Å². The summed E-state index contributed by atoms with van der Waals surface area (Å²) < 4.78 is 25.9. The van der Waals surface area contributed by atoms with E-state index >= 15 is 0 Å². The van der Waals surface area contributed by atoms with Crippen molar-refractivity contribution in [2.75, 3.05) is 27.2 Å². The van der Waals surface area contributed by atoms with Crippen LogP contribution in [-0.2, 0) is 18.3 Å². The number of aliphatic hydroxyl groups excluding tert-OH is 1. The Labute approximate surface area is 78.5 Å². The smallest absolute Gasteiger partial charge is 0.355 e. The molecule has 0 unspecified atom stereocenters. The Morgan fingerprint density at radius 3 is 2.23 bits per heavy atom. The third-order valence-corrected chi connectivity index (χ3v) is 3.26. The Bertz CT molecular complexity index is 160. The zero-order valence-corrected chi connectivity index (χ0v) is 9.12. The predicted molar refractivity (Wildman–Crippen MR) is 48.7 cm³/mol. The summed E-state index contributed by atoms with van der Waals surface area (Å²) in [5.41, 5.74) is 0. The van der Waals surface area contributed by atoms with Crippen LogP contribution in [-0.4, -0.2) is 38.4 Å². The lowest BCUT2D eigenvalue weighted by Crippen LogP contribution is -2.17. The number of ether oxygens (including phenoxy) is 1. The van der Waals surface area contributed by atoms with Crippen molar-refractivity contribution < 1.29 is 23.5 Å². The minimum Gasteiger partial charge on any atom is -0.394 e. The SMILES string of the molecule is CC[C@@H](CO)OCP(=O)(OC)OC. The molecular formula is C7H17O5P. The van der Waals surface area contributed by atoms with Gasteiger partial charge in [-0.1, -0.05) is 6.92 Å². The Balaban J connectivity index is 3.91. The van der Waals surface area contributed by atoms with E-state index in [0.717, 1.165) is 0 Å². The molecule has 13 heavy (non-hydrogen) atoms. The summed E-state index contributed by atoms with van der Waals surface area (Å²) in [6.07, 6.45) is 0.224. The van der Waals surface area contributed by atoms with Crippen molar-refractivity contribution in [2.24, 2.45) is 0 Å². The lowest BCUT2D eigenvalue weighted by atomic mass is 10.3. The van der Waals surface area contributed by atoms with Gasteiger partial charge in [0.1, 0.15) is 6.35 Å². The first kappa shape index (κ1) is 13.1. The van der Waals surface area contributed by atoms with Crippen LogP contribution in [0.4, 0.5) is 0 Å². The lowest BCUT2D eigenvalue weighted by Gasteiger charge is -2.17. The second kappa shape index (κ2) is 6.51. The standard InChI is InChI=1S/C7H17O5P/c1-4-7(5-8)12-6-13(9,10-2)11-3/h7-8H,4-6H2,1-3H3/t7-/m0/s1. The highest BCUT2D eigenvalue weighted by molar-refractivity contribution is 7.53. The van der Waals surface area contributed by atoms with E-state index in [0.29, 0.717) is 6.42 Å². The maximum absolute atomic E-state index is 11.4. The van der Waals surface area contributed by atoms with Crippen molar-refractivity contribution in [2.45, 2.75) is 19.4 Å². The van der Waals surface area contributed by atoms with Crippen LogP contribution in [0.2, 0.25) is 0 Å². The molecule has 0 aromatic heterocycles. The zero-order valence-electron chi connectivity index (χ0n) is 8.23. The van der Waals surface area contributed by atoms with E-state index in [9.17, 15) is 4.57 Å². The summed E-state index contributed by atoms with van der Waals surface area (Å²) in [6.45, 7) is 1.77. The Kier molecular flexibility index (Phi) is 6.55. The van der Waals surface area contributed by atoms with Gasteiger partial charge in [0.05, 0.1) is 12.7 Å². The van der Waals surface area contributed by atoms with Gasteiger partial charge in [0.2, 0.25) is 0 Å². The first-order valence-corrected chi connectivity index (χ1v) is 5.77. The van der Waals surface area contributed by atoms with Crippen LogP contribution in [0.3, 0.4) is 0 Å². The van der Waals surface area contributed by atoms with E-state index in [2.05, 4.69) is 9.05 Å². The predicted octanol–water partition coefficient (Wildman–Crippen LogP) is 1.22. The van der Waals surface area contributed by atoms with Gasteiger partial charge in [0, 0.05) is 14.2 Å². The van der Waals surface area contributed by atoms with Gasteiger partial charge in [-0.25, -0.2) is 0 Å². The van der Waals surface area contributed by atoms with Gasteiger partial charge in [0.15, 0.2) is 0 Å². The second-order valence-electron chi connectivity index (χ2n) is 2.48. The molecule has 80 valence electrons. The molecule has 0 saturated heterocycles. The van der Waals surface area contributed by atoms with E-state index < -0.39 is 7.60 Å². The molecule has 0 spiro atoms. The summed E-state index contributed by atoms with van der Waals surface area (Å²) in [7, 11) is -0.496. The second-order valence-corrected chi connectivity index (χ2v) is 4.69. The van der Waals surface area contributed by atoms with Crippen LogP contribution < -0.4 is 0 Å². The van der Waals surface area contributed by atoms with Crippen LogP contribution in [0, 0.1) is 0 Å². The summed E-state index contributed by atoms with van der Waals surface area (Å²) in [6, 6.07) is 0. The Hall–Kier alpha value is 0.0700. The monoisotopic (exact) mass is 212 g/mol. The van der Waals surface area contributed by atoms with Crippen LogP contribution in [0.1, 0.15) is 13.3 Å². The highest BCUT2D eigenvalue weighted by atomic mass is 31.2. The molecular weight excluding hydrogens is 195 g/mol. The van der Waals surface area contributed by atoms with Crippen LogP contribution in [0.25, 0.3) is 0 Å². The van der Waals surface area contributed by atoms with Crippen LogP contribution >= 0.6 is 7.60 Å². The van der Waals surface area contributed by atoms with Crippen LogP contribution in [0.5, 0.6) is 0 Å². The Morgan fingerprint density at radius 1 is 1.38 bits per heavy atom. The van der Waals surface area contributed by atoms with Gasteiger partial charge in [-0.3, -0.25) is 4.57 Å². The Morgan fingerprint density at radius 2 is 1.92 bits per heavy atom. The number of hydrogen-bond acceptors (Lipinski definition) is 5. The maximum Gasteiger partial charge on any atom is 0.355 e. The average molecular weight is 212 g/mol. The van der Waals surface area contributed by atoms with E-state index in [1.807, 2.05) is 6.92 Å². The molecule has 0 aromatic rings. The third kappa shape index (κ3) is 4.74. The zero-order chi connectivity index (χ0) is 10.3. The number of hydrogen-bond donors (Lipinski definition) is 1. The fourth-order valence-corrected chi connectivity index (χ4v) is 1.43. The third-order valence-electron chi connectivity index (χ3n) is 1.68. The first-order chi connectivity index (χ1) is 6.11. The van der Waals surface area contributed by atoms with Gasteiger partial charge < -0.3 is 18.9 Å². The molecule has 1 atom stereocenters. The molecule has 1 N–H and O–H groups in total. The summed E-state index contributed by atoms with van der Waals surface area (Å²) in [5.74, 6) is 0. The molecule has 0 saturated carbocycles. The highest BCUT2D eigenvalue weighted by Crippen LogP contribution is 2.46. The maximum atomic E-state index is 11.4. The molecule has 0 radical (unpaired) electrons. The molecule has 0 aliphatic heterocycles. The van der Waals surface area contributed by atoms with Gasteiger partial charge in [-0.2, -0.15) is 0 Å². The summed E-state index contributed by atoms with van der Waals surface area (Å²) >= 11 is 0. The molecule has 0 heterocycles. The molecule has 0 aromatic carbocycles. The molecule has 0 aliphatic rings. The molecule has 5 nitrogen and oxygen atoms in total. The highest BCUT2D eigenvalue weighted by Gasteiger charge is 2.22. The van der Waals surface area contributed by atoms with Crippen molar-refractivity contribution in [3.63, 3.8) is 0 Å². The molecule has 0 aliphatic carbocycles. The molecule has 0 amide bonds. The first-order valence-electron chi connectivity index (χ1n) is 4.04. The van der Waals surface area contributed by atoms with Gasteiger partial charge in [0.25, 0.3) is 0 Å².